The van der Waals surface area contributed by atoms with Crippen molar-refractivity contribution in [2.45, 2.75) is 43.4 Å². The average Bonchev–Trinajstić information content (AvgIpc) is 2.93. The number of pyridine rings is 1. The number of piperazine rings is 1. The van der Waals surface area contributed by atoms with Crippen LogP contribution in [0.3, 0.4) is 0 Å². The van der Waals surface area contributed by atoms with Gasteiger partial charge in [0, 0.05) is 42.3 Å². The molecular weight excluding hydrogens is 492 g/mol. The molecule has 38 heavy (non-hydrogen) atoms. The predicted molar refractivity (Wildman–Crippen MR) is 156 cm³/mol. The van der Waals surface area contributed by atoms with Gasteiger partial charge in [-0.05, 0) is 80.1 Å². The van der Waals surface area contributed by atoms with Crippen LogP contribution in [-0.2, 0) is 23.1 Å². The first-order valence-electron chi connectivity index (χ1n) is 13.5. The summed E-state index contributed by atoms with van der Waals surface area (Å²) in [6.45, 7) is 8.34. The minimum absolute atomic E-state index is 0.0986. The largest absolute Gasteiger partial charge is 0.369 e. The Kier molecular flexibility index (Phi) is 7.86. The number of carbonyl (C=O) groups is 2. The Hall–Kier alpha value is -3.16. The summed E-state index contributed by atoms with van der Waals surface area (Å²) in [4.78, 5) is 36.9. The summed E-state index contributed by atoms with van der Waals surface area (Å²) in [7, 11) is 2.16. The van der Waals surface area contributed by atoms with Crippen molar-refractivity contribution < 1.29 is 9.59 Å². The van der Waals surface area contributed by atoms with Crippen LogP contribution < -0.4 is 10.2 Å². The monoisotopic (exact) mass is 528 g/mol. The van der Waals surface area contributed by atoms with E-state index in [4.69, 9.17) is 0 Å². The number of hydrogen-bond donors (Lipinski definition) is 1. The molecule has 5 rings (SSSR count). The third kappa shape index (κ3) is 5.64. The minimum Gasteiger partial charge on any atom is -0.369 e. The topological polar surface area (TPSA) is 65.5 Å². The molecule has 2 heterocycles. The van der Waals surface area contributed by atoms with Gasteiger partial charge in [-0.15, -0.1) is 11.8 Å². The van der Waals surface area contributed by atoms with Crippen molar-refractivity contribution >= 4 is 35.0 Å². The van der Waals surface area contributed by atoms with E-state index in [-0.39, 0.29) is 18.1 Å². The van der Waals surface area contributed by atoms with Gasteiger partial charge in [0.05, 0.1) is 17.5 Å². The van der Waals surface area contributed by atoms with Crippen molar-refractivity contribution in [3.8, 4) is 0 Å². The molecule has 1 atom stereocenters. The SMILES string of the molecule is CCSc1ccc(CC(=O)Nc2ccc3c(n2)CCC(C)(c2ccc(N4CCN(C)CC4)cc2)C3=O)cc1. The van der Waals surface area contributed by atoms with E-state index < -0.39 is 5.41 Å². The fraction of sp³-hybridized carbons (Fsp3) is 0.387. The molecule has 2 aromatic carbocycles. The van der Waals surface area contributed by atoms with E-state index >= 15 is 0 Å². The zero-order valence-corrected chi connectivity index (χ0v) is 23.3. The highest BCUT2D eigenvalue weighted by Gasteiger charge is 2.40. The molecule has 2 aliphatic rings. The second kappa shape index (κ2) is 11.3. The number of anilines is 2. The van der Waals surface area contributed by atoms with E-state index in [0.29, 0.717) is 24.2 Å². The van der Waals surface area contributed by atoms with E-state index in [9.17, 15) is 9.59 Å². The second-order valence-electron chi connectivity index (χ2n) is 10.5. The summed E-state index contributed by atoms with van der Waals surface area (Å²) in [6, 6.07) is 20.2. The summed E-state index contributed by atoms with van der Waals surface area (Å²) >= 11 is 1.78. The van der Waals surface area contributed by atoms with Gasteiger partial charge < -0.3 is 15.1 Å². The summed E-state index contributed by atoms with van der Waals surface area (Å²) in [6.07, 6.45) is 1.67. The smallest absolute Gasteiger partial charge is 0.229 e. The Morgan fingerprint density at radius 2 is 1.71 bits per heavy atom. The number of carbonyl (C=O) groups excluding carboxylic acids is 2. The maximum atomic E-state index is 13.7. The lowest BCUT2D eigenvalue weighted by atomic mass is 9.69. The van der Waals surface area contributed by atoms with Gasteiger partial charge in [-0.3, -0.25) is 9.59 Å². The Bertz CT molecular complexity index is 1300. The molecule has 3 aromatic rings. The number of ketones is 1. The molecule has 1 saturated heterocycles. The summed E-state index contributed by atoms with van der Waals surface area (Å²) < 4.78 is 0. The first-order valence-corrected chi connectivity index (χ1v) is 14.4. The van der Waals surface area contributed by atoms with Crippen LogP contribution in [0.25, 0.3) is 0 Å². The Balaban J connectivity index is 1.24. The average molecular weight is 529 g/mol. The number of likely N-dealkylation sites (N-methyl/N-ethyl adjacent to an activating group) is 1. The van der Waals surface area contributed by atoms with Gasteiger partial charge in [-0.25, -0.2) is 4.98 Å². The summed E-state index contributed by atoms with van der Waals surface area (Å²) in [5.74, 6) is 1.51. The molecule has 1 N–H and O–H groups in total. The van der Waals surface area contributed by atoms with Crippen LogP contribution in [0.5, 0.6) is 0 Å². The molecule has 1 amide bonds. The molecule has 1 aliphatic heterocycles. The van der Waals surface area contributed by atoms with Gasteiger partial charge in [0.25, 0.3) is 0 Å². The van der Waals surface area contributed by atoms with Gasteiger partial charge >= 0.3 is 0 Å². The van der Waals surface area contributed by atoms with Crippen molar-refractivity contribution in [3.05, 3.63) is 83.0 Å². The van der Waals surface area contributed by atoms with Crippen LogP contribution in [0.4, 0.5) is 11.5 Å². The van der Waals surface area contributed by atoms with E-state index in [0.717, 1.165) is 48.8 Å². The number of nitrogens with zero attached hydrogens (tertiary/aromatic N) is 3. The number of aromatic nitrogens is 1. The lowest BCUT2D eigenvalue weighted by molar-refractivity contribution is -0.115. The second-order valence-corrected chi connectivity index (χ2v) is 11.8. The van der Waals surface area contributed by atoms with Crippen LogP contribution in [-0.4, -0.2) is 60.6 Å². The predicted octanol–water partition coefficient (Wildman–Crippen LogP) is 5.21. The third-order valence-corrected chi connectivity index (χ3v) is 8.72. The lowest BCUT2D eigenvalue weighted by Gasteiger charge is -2.36. The third-order valence-electron chi connectivity index (χ3n) is 7.82. The number of thioether (sulfide) groups is 1. The van der Waals surface area contributed by atoms with Crippen molar-refractivity contribution in [2.24, 2.45) is 0 Å². The molecule has 0 radical (unpaired) electrons. The van der Waals surface area contributed by atoms with Gasteiger partial charge in [-0.2, -0.15) is 0 Å². The maximum absolute atomic E-state index is 13.7. The number of aryl methyl sites for hydroxylation is 1. The molecule has 6 nitrogen and oxygen atoms in total. The van der Waals surface area contributed by atoms with Gasteiger partial charge in [-0.1, -0.05) is 31.2 Å². The molecule has 1 aromatic heterocycles. The molecule has 198 valence electrons. The number of benzene rings is 2. The van der Waals surface area contributed by atoms with E-state index in [1.54, 1.807) is 17.8 Å². The van der Waals surface area contributed by atoms with Gasteiger partial charge in [0.2, 0.25) is 5.91 Å². The Morgan fingerprint density at radius 1 is 1.00 bits per heavy atom. The highest BCUT2D eigenvalue weighted by Crippen LogP contribution is 2.38. The quantitative estimate of drug-likeness (QED) is 0.425. The zero-order chi connectivity index (χ0) is 26.7. The molecular formula is C31H36N4O2S. The van der Waals surface area contributed by atoms with Crippen LogP contribution in [0.2, 0.25) is 0 Å². The van der Waals surface area contributed by atoms with E-state index in [2.05, 4.69) is 70.5 Å². The number of fused-ring (bicyclic) bond motifs is 1. The first-order chi connectivity index (χ1) is 18.4. The number of rotatable bonds is 7. The molecule has 1 aliphatic carbocycles. The van der Waals surface area contributed by atoms with Crippen molar-refractivity contribution in [1.82, 2.24) is 9.88 Å². The molecule has 1 unspecified atom stereocenters. The Labute approximate surface area is 229 Å². The number of hydrogen-bond acceptors (Lipinski definition) is 6. The van der Waals surface area contributed by atoms with Crippen molar-refractivity contribution in [1.29, 1.82) is 0 Å². The zero-order valence-electron chi connectivity index (χ0n) is 22.5. The van der Waals surface area contributed by atoms with E-state index in [1.807, 2.05) is 25.1 Å². The highest BCUT2D eigenvalue weighted by molar-refractivity contribution is 7.99. The normalized spacial score (nSPS) is 19.8. The molecule has 0 bridgehead atoms. The van der Waals surface area contributed by atoms with Crippen LogP contribution in [0, 0.1) is 0 Å². The number of amides is 1. The number of nitrogens with one attached hydrogen (secondary N) is 1. The van der Waals surface area contributed by atoms with Crippen LogP contribution in [0.1, 0.15) is 47.4 Å². The Morgan fingerprint density at radius 3 is 2.39 bits per heavy atom. The summed E-state index contributed by atoms with van der Waals surface area (Å²) in [5, 5.41) is 2.91. The van der Waals surface area contributed by atoms with Crippen molar-refractivity contribution in [3.63, 3.8) is 0 Å². The van der Waals surface area contributed by atoms with Crippen molar-refractivity contribution in [2.75, 3.05) is 49.2 Å². The maximum Gasteiger partial charge on any atom is 0.229 e. The lowest BCUT2D eigenvalue weighted by Crippen LogP contribution is -2.44. The summed E-state index contributed by atoms with van der Waals surface area (Å²) in [5.41, 5.74) is 4.07. The molecule has 0 spiro atoms. The van der Waals surface area contributed by atoms with Gasteiger partial charge in [0.1, 0.15) is 5.82 Å². The van der Waals surface area contributed by atoms with Crippen LogP contribution >= 0.6 is 11.8 Å². The van der Waals surface area contributed by atoms with Gasteiger partial charge in [0.15, 0.2) is 5.78 Å². The highest BCUT2D eigenvalue weighted by atomic mass is 32.2. The minimum atomic E-state index is -0.581. The van der Waals surface area contributed by atoms with E-state index in [1.165, 1.54) is 10.6 Å². The van der Waals surface area contributed by atoms with Crippen LogP contribution in [0.15, 0.2) is 65.6 Å². The fourth-order valence-electron chi connectivity index (χ4n) is 5.37. The standard InChI is InChI=1S/C31H36N4O2S/c1-4-38-25-11-5-22(6-12-25)21-29(36)33-28-14-13-26-27(32-28)15-16-31(2,30(26)37)23-7-9-24(10-8-23)35-19-17-34(3)18-20-35/h5-14H,4,15-21H2,1-3H3,(H,32,33,36). The fourth-order valence-corrected chi connectivity index (χ4v) is 6.03. The molecule has 0 saturated carbocycles. The number of Topliss-reactive ketones (excluding diaryl/α,β-unsaturated/α-hetero) is 1. The molecule has 7 heteroatoms. The molecule has 1 fully saturated rings. The first kappa shape index (κ1) is 26.4.